The van der Waals surface area contributed by atoms with Gasteiger partial charge < -0.3 is 5.73 Å². The zero-order valence-corrected chi connectivity index (χ0v) is 15.8. The molecule has 1 aliphatic rings. The van der Waals surface area contributed by atoms with E-state index in [-0.39, 0.29) is 23.7 Å². The van der Waals surface area contributed by atoms with Crippen molar-refractivity contribution >= 4 is 29.3 Å². The third-order valence-electron chi connectivity index (χ3n) is 4.33. The first-order valence-corrected chi connectivity index (χ1v) is 8.70. The van der Waals surface area contributed by atoms with Crippen LogP contribution in [0.5, 0.6) is 0 Å². The summed E-state index contributed by atoms with van der Waals surface area (Å²) < 4.78 is 0. The molecule has 2 N–H and O–H groups in total. The molecule has 0 unspecified atom stereocenters. The monoisotopic (exact) mass is 385 g/mol. The zero-order valence-electron chi connectivity index (χ0n) is 14.3. The van der Waals surface area contributed by atoms with Gasteiger partial charge in [-0.3, -0.25) is 4.79 Å². The van der Waals surface area contributed by atoms with Gasteiger partial charge in [0.25, 0.3) is 0 Å². The molecule has 0 radical (unpaired) electrons. The van der Waals surface area contributed by atoms with Gasteiger partial charge in [-0.1, -0.05) is 78.9 Å². The van der Waals surface area contributed by atoms with Crippen LogP contribution in [-0.4, -0.2) is 5.24 Å². The molecule has 3 aromatic rings. The first-order valence-electron chi connectivity index (χ1n) is 8.33. The highest BCUT2D eigenvalue weighted by molar-refractivity contribution is 6.63. The molecule has 0 amide bonds. The van der Waals surface area contributed by atoms with Crippen molar-refractivity contribution in [2.24, 2.45) is 5.73 Å². The maximum absolute atomic E-state index is 10.4. The van der Waals surface area contributed by atoms with Gasteiger partial charge in [-0.15, -0.1) is 12.4 Å². The standard InChI is InChI=1S/C13H11N.C9H9ClO.ClH/c14-13-11-7-3-1-5-9(11)10-6-2-4-8-12(10)13;10-9(11)7-6-8-4-2-1-3-5-8;/h1-8,13H,14H2;1-5H,6-7H2;1H. The van der Waals surface area contributed by atoms with Crippen molar-refractivity contribution in [1.82, 2.24) is 0 Å². The van der Waals surface area contributed by atoms with E-state index < -0.39 is 0 Å². The lowest BCUT2D eigenvalue weighted by Crippen LogP contribution is -2.07. The molecule has 0 bridgehead atoms. The van der Waals surface area contributed by atoms with Crippen LogP contribution in [0.3, 0.4) is 0 Å². The van der Waals surface area contributed by atoms with Crippen LogP contribution in [0.4, 0.5) is 0 Å². The normalized spacial score (nSPS) is 11.5. The lowest BCUT2D eigenvalue weighted by Gasteiger charge is -2.04. The molecule has 1 aliphatic carbocycles. The van der Waals surface area contributed by atoms with Gasteiger partial charge in [-0.2, -0.15) is 0 Å². The van der Waals surface area contributed by atoms with Crippen molar-refractivity contribution in [2.75, 3.05) is 0 Å². The molecule has 134 valence electrons. The van der Waals surface area contributed by atoms with Crippen molar-refractivity contribution in [3.63, 3.8) is 0 Å². The highest BCUT2D eigenvalue weighted by Gasteiger charge is 2.24. The van der Waals surface area contributed by atoms with Crippen LogP contribution < -0.4 is 5.73 Å². The van der Waals surface area contributed by atoms with Crippen LogP contribution in [0.1, 0.15) is 29.2 Å². The van der Waals surface area contributed by atoms with Crippen molar-refractivity contribution in [3.05, 3.63) is 95.6 Å². The zero-order chi connectivity index (χ0) is 17.6. The summed E-state index contributed by atoms with van der Waals surface area (Å²) >= 11 is 5.19. The first-order chi connectivity index (χ1) is 12.2. The topological polar surface area (TPSA) is 43.1 Å². The van der Waals surface area contributed by atoms with Gasteiger partial charge in [0.1, 0.15) is 0 Å². The second-order valence-corrected chi connectivity index (χ2v) is 6.41. The Morgan fingerprint density at radius 2 is 1.27 bits per heavy atom. The highest BCUT2D eigenvalue weighted by atomic mass is 35.5. The van der Waals surface area contributed by atoms with Crippen LogP contribution in [0.25, 0.3) is 11.1 Å². The van der Waals surface area contributed by atoms with E-state index in [0.717, 1.165) is 12.0 Å². The van der Waals surface area contributed by atoms with E-state index in [4.69, 9.17) is 17.3 Å². The number of carbonyl (C=O) groups is 1. The van der Waals surface area contributed by atoms with E-state index in [1.54, 1.807) is 0 Å². The van der Waals surface area contributed by atoms with E-state index in [1.165, 1.54) is 22.3 Å². The van der Waals surface area contributed by atoms with Gasteiger partial charge in [0.2, 0.25) is 5.24 Å². The first kappa shape index (κ1) is 20.2. The quantitative estimate of drug-likeness (QED) is 0.602. The van der Waals surface area contributed by atoms with E-state index in [1.807, 2.05) is 42.5 Å². The molecule has 0 heterocycles. The van der Waals surface area contributed by atoms with E-state index in [2.05, 4.69) is 36.4 Å². The summed E-state index contributed by atoms with van der Waals surface area (Å²) in [4.78, 5) is 10.4. The molecule has 26 heavy (non-hydrogen) atoms. The van der Waals surface area contributed by atoms with Crippen LogP contribution in [0, 0.1) is 0 Å². The molecule has 0 spiro atoms. The Morgan fingerprint density at radius 3 is 1.77 bits per heavy atom. The Bertz CT molecular complexity index is 819. The fourth-order valence-electron chi connectivity index (χ4n) is 3.08. The lowest BCUT2D eigenvalue weighted by molar-refractivity contribution is -0.111. The molecule has 3 aromatic carbocycles. The summed E-state index contributed by atoms with van der Waals surface area (Å²) in [5, 5.41) is -0.270. The Balaban J connectivity index is 0.000000186. The molecular formula is C22H21Cl2NO. The molecule has 0 fully saturated rings. The minimum Gasteiger partial charge on any atom is -0.320 e. The molecule has 0 atom stereocenters. The van der Waals surface area contributed by atoms with Crippen LogP contribution >= 0.6 is 24.0 Å². The SMILES string of the molecule is Cl.NC1c2ccccc2-c2ccccc21.O=C(Cl)CCc1ccccc1. The Labute approximate surface area is 165 Å². The van der Waals surface area contributed by atoms with Crippen LogP contribution in [-0.2, 0) is 11.2 Å². The van der Waals surface area contributed by atoms with Gasteiger partial charge in [0, 0.05) is 6.42 Å². The van der Waals surface area contributed by atoms with Gasteiger partial charge in [0.15, 0.2) is 0 Å². The molecule has 0 aromatic heterocycles. The minimum absolute atomic E-state index is 0. The molecule has 2 nitrogen and oxygen atoms in total. The number of hydrogen-bond donors (Lipinski definition) is 1. The molecule has 0 saturated carbocycles. The number of rotatable bonds is 3. The summed E-state index contributed by atoms with van der Waals surface area (Å²) in [6.07, 6.45) is 1.16. The summed E-state index contributed by atoms with van der Waals surface area (Å²) in [5.74, 6) is 0. The fourth-order valence-corrected chi connectivity index (χ4v) is 3.18. The van der Waals surface area contributed by atoms with Crippen LogP contribution in [0.15, 0.2) is 78.9 Å². The molecule has 0 saturated heterocycles. The number of nitrogens with two attached hydrogens (primary N) is 1. The number of fused-ring (bicyclic) bond motifs is 3. The number of aryl methyl sites for hydroxylation is 1. The van der Waals surface area contributed by atoms with Crippen molar-refractivity contribution in [2.45, 2.75) is 18.9 Å². The third kappa shape index (κ3) is 4.73. The Morgan fingerprint density at radius 1 is 0.808 bits per heavy atom. The predicted octanol–water partition coefficient (Wildman–Crippen LogP) is 5.52. The average molecular weight is 386 g/mol. The van der Waals surface area contributed by atoms with Gasteiger partial charge in [-0.25, -0.2) is 0 Å². The second-order valence-electron chi connectivity index (χ2n) is 5.99. The van der Waals surface area contributed by atoms with Gasteiger partial charge >= 0.3 is 0 Å². The average Bonchev–Trinajstić information content (AvgIpc) is 2.95. The largest absolute Gasteiger partial charge is 0.320 e. The summed E-state index contributed by atoms with van der Waals surface area (Å²) in [6, 6.07) is 26.6. The molecule has 0 aliphatic heterocycles. The summed E-state index contributed by atoms with van der Waals surface area (Å²) in [7, 11) is 0. The van der Waals surface area contributed by atoms with Crippen molar-refractivity contribution < 1.29 is 4.79 Å². The number of carbonyl (C=O) groups excluding carboxylic acids is 1. The van der Waals surface area contributed by atoms with E-state index in [9.17, 15) is 4.79 Å². The Kier molecular flexibility index (Phi) is 7.40. The van der Waals surface area contributed by atoms with Gasteiger partial charge in [-0.05, 0) is 45.8 Å². The second kappa shape index (κ2) is 9.54. The summed E-state index contributed by atoms with van der Waals surface area (Å²) in [6.45, 7) is 0. The number of hydrogen-bond acceptors (Lipinski definition) is 2. The van der Waals surface area contributed by atoms with Crippen molar-refractivity contribution in [3.8, 4) is 11.1 Å². The lowest BCUT2D eigenvalue weighted by atomic mass is 10.1. The maximum Gasteiger partial charge on any atom is 0.221 e. The molecule has 4 rings (SSSR count). The van der Waals surface area contributed by atoms with E-state index in [0.29, 0.717) is 6.42 Å². The van der Waals surface area contributed by atoms with Crippen LogP contribution in [0.2, 0.25) is 0 Å². The molecule has 4 heteroatoms. The maximum atomic E-state index is 10.4. The smallest absolute Gasteiger partial charge is 0.221 e. The van der Waals surface area contributed by atoms with Crippen molar-refractivity contribution in [1.29, 1.82) is 0 Å². The third-order valence-corrected chi connectivity index (χ3v) is 4.52. The summed E-state index contributed by atoms with van der Waals surface area (Å²) in [5.41, 5.74) is 12.4. The van der Waals surface area contributed by atoms with Gasteiger partial charge in [0.05, 0.1) is 6.04 Å². The minimum atomic E-state index is -0.270. The predicted molar refractivity (Wildman–Crippen MR) is 111 cm³/mol. The fraction of sp³-hybridized carbons (Fsp3) is 0.136. The Hall–Kier alpha value is -2.13. The molecular weight excluding hydrogens is 365 g/mol. The number of benzene rings is 3. The van der Waals surface area contributed by atoms with E-state index >= 15 is 0 Å². The number of halogens is 2. The highest BCUT2D eigenvalue weighted by Crippen LogP contribution is 2.41.